The molecule has 3 aromatic rings. The predicted molar refractivity (Wildman–Crippen MR) is 109 cm³/mol. The van der Waals surface area contributed by atoms with Gasteiger partial charge in [-0.15, -0.1) is 0 Å². The lowest BCUT2D eigenvalue weighted by Gasteiger charge is -2.15. The fraction of sp³-hybridized carbons (Fsp3) is 0.143. The van der Waals surface area contributed by atoms with Gasteiger partial charge in [0.05, 0.1) is 30.2 Å². The number of nitrogens with one attached hydrogen (secondary N) is 3. The van der Waals surface area contributed by atoms with Crippen LogP contribution in [0.4, 0.5) is 11.4 Å². The van der Waals surface area contributed by atoms with E-state index < -0.39 is 17.9 Å². The van der Waals surface area contributed by atoms with Gasteiger partial charge in [0.1, 0.15) is 18.1 Å². The van der Waals surface area contributed by atoms with Gasteiger partial charge in [0.2, 0.25) is 5.91 Å². The van der Waals surface area contributed by atoms with Crippen LogP contribution in [0.25, 0.3) is 0 Å². The number of hydrogen-bond acceptors (Lipinski definition) is 6. The van der Waals surface area contributed by atoms with Crippen molar-refractivity contribution in [1.29, 1.82) is 0 Å². The van der Waals surface area contributed by atoms with Crippen molar-refractivity contribution >= 4 is 29.1 Å². The van der Waals surface area contributed by atoms with E-state index in [1.807, 2.05) is 0 Å². The summed E-state index contributed by atoms with van der Waals surface area (Å²) < 4.78 is 10.2. The quantitative estimate of drug-likeness (QED) is 0.552. The third-order valence-corrected chi connectivity index (χ3v) is 4.17. The summed E-state index contributed by atoms with van der Waals surface area (Å²) in [5.41, 5.74) is 1.61. The first-order valence-electron chi connectivity index (χ1n) is 9.01. The Kier molecular flexibility index (Phi) is 6.43. The Labute approximate surface area is 172 Å². The number of nitrogens with zero attached hydrogens (tertiary/aromatic N) is 1. The van der Waals surface area contributed by atoms with Gasteiger partial charge in [0.15, 0.2) is 0 Å². The molecule has 3 N–H and O–H groups in total. The highest BCUT2D eigenvalue weighted by Gasteiger charge is 2.18. The van der Waals surface area contributed by atoms with Crippen LogP contribution in [0.15, 0.2) is 65.7 Å². The third-order valence-electron chi connectivity index (χ3n) is 4.17. The summed E-state index contributed by atoms with van der Waals surface area (Å²) in [6, 6.07) is 8.81. The zero-order valence-corrected chi connectivity index (χ0v) is 16.3. The van der Waals surface area contributed by atoms with Gasteiger partial charge in [-0.2, -0.15) is 0 Å². The van der Waals surface area contributed by atoms with Gasteiger partial charge in [-0.1, -0.05) is 0 Å². The fourth-order valence-corrected chi connectivity index (χ4v) is 2.55. The highest BCUT2D eigenvalue weighted by Crippen LogP contribution is 2.28. The zero-order chi connectivity index (χ0) is 21.5. The Morgan fingerprint density at radius 2 is 1.90 bits per heavy atom. The fourth-order valence-electron chi connectivity index (χ4n) is 2.55. The number of carbonyl (C=O) groups is 3. The summed E-state index contributed by atoms with van der Waals surface area (Å²) in [5, 5.41) is 8.02. The first-order valence-corrected chi connectivity index (χ1v) is 9.01. The molecule has 1 aromatic carbocycles. The number of rotatable bonds is 7. The van der Waals surface area contributed by atoms with Crippen LogP contribution in [0.5, 0.6) is 5.75 Å². The number of hydrogen-bond donors (Lipinski definition) is 3. The molecule has 0 aliphatic heterocycles. The number of furan rings is 1. The average molecular weight is 408 g/mol. The van der Waals surface area contributed by atoms with Gasteiger partial charge in [-0.3, -0.25) is 19.4 Å². The van der Waals surface area contributed by atoms with Crippen molar-refractivity contribution in [2.45, 2.75) is 13.0 Å². The molecule has 3 rings (SSSR count). The maximum atomic E-state index is 12.4. The van der Waals surface area contributed by atoms with E-state index in [1.54, 1.807) is 43.5 Å². The Morgan fingerprint density at radius 3 is 2.57 bits per heavy atom. The SMILES string of the molecule is COc1cc(NC(=O)[C@@H](C)NC(=O)c2ccoc2)ccc1NC(=O)c1cccnc1. The van der Waals surface area contributed by atoms with E-state index in [2.05, 4.69) is 20.9 Å². The van der Waals surface area contributed by atoms with Gasteiger partial charge in [-0.25, -0.2) is 0 Å². The Morgan fingerprint density at radius 1 is 1.07 bits per heavy atom. The summed E-state index contributed by atoms with van der Waals surface area (Å²) in [6.45, 7) is 1.56. The molecule has 154 valence electrons. The number of carbonyl (C=O) groups excluding carboxylic acids is 3. The normalized spacial score (nSPS) is 11.3. The lowest BCUT2D eigenvalue weighted by Crippen LogP contribution is -2.41. The Bertz CT molecular complexity index is 1030. The van der Waals surface area contributed by atoms with E-state index in [4.69, 9.17) is 9.15 Å². The Balaban J connectivity index is 1.64. The number of pyridine rings is 1. The monoisotopic (exact) mass is 408 g/mol. The molecule has 0 radical (unpaired) electrons. The summed E-state index contributed by atoms with van der Waals surface area (Å²) >= 11 is 0. The van der Waals surface area contributed by atoms with E-state index in [1.165, 1.54) is 31.9 Å². The molecule has 0 aliphatic rings. The van der Waals surface area contributed by atoms with Gasteiger partial charge in [0, 0.05) is 24.1 Å². The van der Waals surface area contributed by atoms with Crippen molar-refractivity contribution < 1.29 is 23.5 Å². The highest BCUT2D eigenvalue weighted by molar-refractivity contribution is 6.05. The molecule has 9 nitrogen and oxygen atoms in total. The van der Waals surface area contributed by atoms with Crippen LogP contribution in [0.2, 0.25) is 0 Å². The summed E-state index contributed by atoms with van der Waals surface area (Å²) in [6.07, 6.45) is 5.70. The topological polar surface area (TPSA) is 123 Å². The smallest absolute Gasteiger partial charge is 0.257 e. The van der Waals surface area contributed by atoms with Crippen molar-refractivity contribution in [3.8, 4) is 5.75 Å². The lowest BCUT2D eigenvalue weighted by molar-refractivity contribution is -0.117. The number of aromatic nitrogens is 1. The summed E-state index contributed by atoms with van der Waals surface area (Å²) in [4.78, 5) is 40.6. The van der Waals surface area contributed by atoms with Crippen LogP contribution in [0.1, 0.15) is 27.6 Å². The molecule has 9 heteroatoms. The molecule has 0 aliphatic carbocycles. The maximum Gasteiger partial charge on any atom is 0.257 e. The first-order chi connectivity index (χ1) is 14.5. The van der Waals surface area contributed by atoms with E-state index in [-0.39, 0.29) is 5.91 Å². The molecular weight excluding hydrogens is 388 g/mol. The molecule has 2 heterocycles. The van der Waals surface area contributed by atoms with Gasteiger partial charge in [-0.05, 0) is 37.3 Å². The predicted octanol–water partition coefficient (Wildman–Crippen LogP) is 2.69. The molecule has 0 bridgehead atoms. The molecule has 1 atom stereocenters. The number of anilines is 2. The molecule has 0 fully saturated rings. The van der Waals surface area contributed by atoms with E-state index in [0.717, 1.165) is 0 Å². The van der Waals surface area contributed by atoms with Crippen molar-refractivity contribution in [3.63, 3.8) is 0 Å². The molecule has 0 saturated heterocycles. The van der Waals surface area contributed by atoms with Gasteiger partial charge < -0.3 is 25.1 Å². The molecule has 3 amide bonds. The van der Waals surface area contributed by atoms with Crippen LogP contribution in [-0.2, 0) is 4.79 Å². The second-order valence-corrected chi connectivity index (χ2v) is 6.31. The standard InChI is InChI=1S/C21H20N4O5/c1-13(23-21(28)15-7-9-30-12-15)19(26)24-16-5-6-17(18(10-16)29-2)25-20(27)14-4-3-8-22-11-14/h3-13H,1-2H3,(H,23,28)(H,24,26)(H,25,27)/t13-/m1/s1. The highest BCUT2D eigenvalue weighted by atomic mass is 16.5. The average Bonchev–Trinajstić information content (AvgIpc) is 3.30. The number of ether oxygens (including phenoxy) is 1. The molecule has 0 saturated carbocycles. The van der Waals surface area contributed by atoms with Gasteiger partial charge >= 0.3 is 0 Å². The minimum absolute atomic E-state index is 0.324. The van der Waals surface area contributed by atoms with E-state index >= 15 is 0 Å². The van der Waals surface area contributed by atoms with E-state index in [9.17, 15) is 14.4 Å². The molecule has 0 unspecified atom stereocenters. The minimum atomic E-state index is -0.789. The van der Waals surface area contributed by atoms with Crippen LogP contribution in [0, 0.1) is 0 Å². The van der Waals surface area contributed by atoms with Crippen molar-refractivity contribution in [2.24, 2.45) is 0 Å². The summed E-state index contributed by atoms with van der Waals surface area (Å²) in [7, 11) is 1.45. The zero-order valence-electron chi connectivity index (χ0n) is 16.3. The first kappa shape index (κ1) is 20.6. The van der Waals surface area contributed by atoms with E-state index in [0.29, 0.717) is 28.3 Å². The van der Waals surface area contributed by atoms with Crippen molar-refractivity contribution in [3.05, 3.63) is 72.4 Å². The number of benzene rings is 1. The second kappa shape index (κ2) is 9.37. The van der Waals surface area contributed by atoms with Crippen LogP contribution >= 0.6 is 0 Å². The number of amides is 3. The number of methoxy groups -OCH3 is 1. The molecular formula is C21H20N4O5. The van der Waals surface area contributed by atoms with Crippen LogP contribution < -0.4 is 20.7 Å². The molecule has 30 heavy (non-hydrogen) atoms. The van der Waals surface area contributed by atoms with Crippen LogP contribution in [0.3, 0.4) is 0 Å². The lowest BCUT2D eigenvalue weighted by atomic mass is 10.2. The third kappa shape index (κ3) is 5.02. The van der Waals surface area contributed by atoms with Gasteiger partial charge in [0.25, 0.3) is 11.8 Å². The van der Waals surface area contributed by atoms with Crippen LogP contribution in [-0.4, -0.2) is 35.9 Å². The van der Waals surface area contributed by atoms with Crippen molar-refractivity contribution in [1.82, 2.24) is 10.3 Å². The molecule has 0 spiro atoms. The summed E-state index contributed by atoms with van der Waals surface area (Å²) in [5.74, 6) is -0.813. The maximum absolute atomic E-state index is 12.4. The minimum Gasteiger partial charge on any atom is -0.494 e. The van der Waals surface area contributed by atoms with Crippen molar-refractivity contribution in [2.75, 3.05) is 17.7 Å². The largest absolute Gasteiger partial charge is 0.494 e. The second-order valence-electron chi connectivity index (χ2n) is 6.31. The Hall–Kier alpha value is -4.14. The molecule has 2 aromatic heterocycles.